The molecule has 0 atom stereocenters. The summed E-state index contributed by atoms with van der Waals surface area (Å²) in [5.74, 6) is 1.65. The van der Waals surface area contributed by atoms with Gasteiger partial charge in [0.05, 0.1) is 13.2 Å². The summed E-state index contributed by atoms with van der Waals surface area (Å²) in [5.41, 5.74) is 6.68. The van der Waals surface area contributed by atoms with Crippen molar-refractivity contribution >= 4 is 5.69 Å². The SMILES string of the molecule is CCCCCCCCOc1cc(N)cc(OCCCCCCCC)c1. The third-order valence-corrected chi connectivity index (χ3v) is 4.44. The Bertz CT molecular complexity index is 398. The fraction of sp³-hybridized carbons (Fsp3) is 0.727. The standard InChI is InChI=1S/C22H39NO2/c1-3-5-7-9-11-13-15-24-21-17-20(23)18-22(19-21)25-16-14-12-10-8-6-4-2/h17-19H,3-16,23H2,1-2H3. The zero-order chi connectivity index (χ0) is 18.2. The van der Waals surface area contributed by atoms with Crippen molar-refractivity contribution in [3.05, 3.63) is 18.2 Å². The number of nitrogens with two attached hydrogens (primary N) is 1. The molecule has 1 aromatic rings. The minimum absolute atomic E-state index is 0.707. The van der Waals surface area contributed by atoms with Crippen LogP contribution < -0.4 is 15.2 Å². The summed E-state index contributed by atoms with van der Waals surface area (Å²) >= 11 is 0. The van der Waals surface area contributed by atoms with Crippen molar-refractivity contribution in [1.82, 2.24) is 0 Å². The van der Waals surface area contributed by atoms with Crippen LogP contribution in [0, 0.1) is 0 Å². The van der Waals surface area contributed by atoms with Crippen LogP contribution in [-0.2, 0) is 0 Å². The molecule has 0 saturated heterocycles. The molecule has 0 aromatic heterocycles. The van der Waals surface area contributed by atoms with E-state index in [9.17, 15) is 0 Å². The average molecular weight is 350 g/mol. The van der Waals surface area contributed by atoms with E-state index in [4.69, 9.17) is 15.2 Å². The van der Waals surface area contributed by atoms with Gasteiger partial charge in [-0.3, -0.25) is 0 Å². The van der Waals surface area contributed by atoms with Gasteiger partial charge < -0.3 is 15.2 Å². The monoisotopic (exact) mass is 349 g/mol. The van der Waals surface area contributed by atoms with Crippen LogP contribution in [0.3, 0.4) is 0 Å². The molecule has 0 aliphatic heterocycles. The van der Waals surface area contributed by atoms with Crippen LogP contribution in [0.25, 0.3) is 0 Å². The molecule has 0 radical (unpaired) electrons. The lowest BCUT2D eigenvalue weighted by Gasteiger charge is -2.11. The molecule has 25 heavy (non-hydrogen) atoms. The summed E-state index contributed by atoms with van der Waals surface area (Å²) in [6.07, 6.45) is 15.2. The molecule has 144 valence electrons. The van der Waals surface area contributed by atoms with Gasteiger partial charge in [0.15, 0.2) is 0 Å². The van der Waals surface area contributed by atoms with Gasteiger partial charge in [-0.2, -0.15) is 0 Å². The van der Waals surface area contributed by atoms with E-state index in [0.29, 0.717) is 5.69 Å². The van der Waals surface area contributed by atoms with Gasteiger partial charge in [-0.25, -0.2) is 0 Å². The molecule has 0 amide bonds. The molecular weight excluding hydrogens is 310 g/mol. The van der Waals surface area contributed by atoms with Crippen LogP contribution in [0.2, 0.25) is 0 Å². The minimum atomic E-state index is 0.707. The van der Waals surface area contributed by atoms with E-state index in [1.165, 1.54) is 64.2 Å². The molecule has 0 aliphatic rings. The summed E-state index contributed by atoms with van der Waals surface area (Å²) in [7, 11) is 0. The topological polar surface area (TPSA) is 44.5 Å². The number of ether oxygens (including phenoxy) is 2. The predicted octanol–water partition coefficient (Wildman–Crippen LogP) is 6.75. The molecule has 1 aromatic carbocycles. The van der Waals surface area contributed by atoms with Crippen molar-refractivity contribution in [2.45, 2.75) is 90.9 Å². The van der Waals surface area contributed by atoms with Crippen LogP contribution in [0.5, 0.6) is 11.5 Å². The Morgan fingerprint density at radius 3 is 1.44 bits per heavy atom. The smallest absolute Gasteiger partial charge is 0.125 e. The Morgan fingerprint density at radius 2 is 1.00 bits per heavy atom. The molecule has 1 rings (SSSR count). The molecule has 0 aliphatic carbocycles. The highest BCUT2D eigenvalue weighted by Gasteiger charge is 2.02. The first-order chi connectivity index (χ1) is 12.3. The molecule has 0 saturated carbocycles. The molecule has 3 heteroatoms. The summed E-state index contributed by atoms with van der Waals surface area (Å²) < 4.78 is 11.7. The van der Waals surface area contributed by atoms with Crippen molar-refractivity contribution in [3.63, 3.8) is 0 Å². The Balaban J connectivity index is 2.19. The minimum Gasteiger partial charge on any atom is -0.493 e. The van der Waals surface area contributed by atoms with Gasteiger partial charge in [-0.15, -0.1) is 0 Å². The fourth-order valence-corrected chi connectivity index (χ4v) is 2.91. The lowest BCUT2D eigenvalue weighted by Crippen LogP contribution is -2.01. The number of hydrogen-bond acceptors (Lipinski definition) is 3. The van der Waals surface area contributed by atoms with Gasteiger partial charge >= 0.3 is 0 Å². The molecule has 0 heterocycles. The zero-order valence-corrected chi connectivity index (χ0v) is 16.5. The van der Waals surface area contributed by atoms with Gasteiger partial charge in [0, 0.05) is 23.9 Å². The summed E-state index contributed by atoms with van der Waals surface area (Å²) in [5, 5.41) is 0. The molecule has 2 N–H and O–H groups in total. The van der Waals surface area contributed by atoms with Crippen molar-refractivity contribution in [1.29, 1.82) is 0 Å². The third kappa shape index (κ3) is 11.7. The highest BCUT2D eigenvalue weighted by atomic mass is 16.5. The Kier molecular flexibility index (Phi) is 12.9. The van der Waals surface area contributed by atoms with Crippen LogP contribution >= 0.6 is 0 Å². The van der Waals surface area contributed by atoms with E-state index in [-0.39, 0.29) is 0 Å². The third-order valence-electron chi connectivity index (χ3n) is 4.44. The van der Waals surface area contributed by atoms with Crippen LogP contribution in [-0.4, -0.2) is 13.2 Å². The van der Waals surface area contributed by atoms with Crippen molar-refractivity contribution in [2.75, 3.05) is 18.9 Å². The highest BCUT2D eigenvalue weighted by Crippen LogP contribution is 2.25. The van der Waals surface area contributed by atoms with Gasteiger partial charge in [0.2, 0.25) is 0 Å². The van der Waals surface area contributed by atoms with Crippen molar-refractivity contribution in [2.24, 2.45) is 0 Å². The first-order valence-corrected chi connectivity index (χ1v) is 10.4. The van der Waals surface area contributed by atoms with Crippen molar-refractivity contribution < 1.29 is 9.47 Å². The van der Waals surface area contributed by atoms with Gasteiger partial charge in [0.25, 0.3) is 0 Å². The van der Waals surface area contributed by atoms with Crippen LogP contribution in [0.15, 0.2) is 18.2 Å². The maximum absolute atomic E-state index is 5.97. The molecule has 0 fully saturated rings. The van der Waals surface area contributed by atoms with E-state index in [1.807, 2.05) is 18.2 Å². The fourth-order valence-electron chi connectivity index (χ4n) is 2.91. The van der Waals surface area contributed by atoms with E-state index in [1.54, 1.807) is 0 Å². The van der Waals surface area contributed by atoms with Crippen molar-refractivity contribution in [3.8, 4) is 11.5 Å². The number of rotatable bonds is 16. The largest absolute Gasteiger partial charge is 0.493 e. The quantitative estimate of drug-likeness (QED) is 0.265. The van der Waals surface area contributed by atoms with Crippen LogP contribution in [0.4, 0.5) is 5.69 Å². The zero-order valence-electron chi connectivity index (χ0n) is 16.5. The van der Waals surface area contributed by atoms with Gasteiger partial charge in [0.1, 0.15) is 11.5 Å². The summed E-state index contributed by atoms with van der Waals surface area (Å²) in [4.78, 5) is 0. The molecule has 3 nitrogen and oxygen atoms in total. The van der Waals surface area contributed by atoms with E-state index >= 15 is 0 Å². The molecule has 0 spiro atoms. The normalized spacial score (nSPS) is 10.8. The highest BCUT2D eigenvalue weighted by molar-refractivity contribution is 5.50. The molecular formula is C22H39NO2. The maximum atomic E-state index is 5.97. The van der Waals surface area contributed by atoms with E-state index in [0.717, 1.165) is 37.6 Å². The second kappa shape index (κ2) is 14.9. The van der Waals surface area contributed by atoms with E-state index in [2.05, 4.69) is 13.8 Å². The summed E-state index contributed by atoms with van der Waals surface area (Å²) in [6.45, 7) is 6.00. The Morgan fingerprint density at radius 1 is 0.600 bits per heavy atom. The lowest BCUT2D eigenvalue weighted by molar-refractivity contribution is 0.290. The first kappa shape index (κ1) is 21.7. The molecule has 0 bridgehead atoms. The predicted molar refractivity (Wildman–Crippen MR) is 109 cm³/mol. The number of unbranched alkanes of at least 4 members (excludes halogenated alkanes) is 10. The Labute approximate surface area is 155 Å². The van der Waals surface area contributed by atoms with Gasteiger partial charge in [-0.1, -0.05) is 78.1 Å². The first-order valence-electron chi connectivity index (χ1n) is 10.4. The van der Waals surface area contributed by atoms with Gasteiger partial charge in [-0.05, 0) is 12.8 Å². The summed E-state index contributed by atoms with van der Waals surface area (Å²) in [6, 6.07) is 5.73. The maximum Gasteiger partial charge on any atom is 0.125 e. The lowest BCUT2D eigenvalue weighted by atomic mass is 10.1. The number of hydrogen-bond donors (Lipinski definition) is 1. The molecule has 0 unspecified atom stereocenters. The van der Waals surface area contributed by atoms with E-state index < -0.39 is 0 Å². The van der Waals surface area contributed by atoms with Crippen LogP contribution in [0.1, 0.15) is 90.9 Å². The number of benzene rings is 1. The number of nitrogen functional groups attached to an aromatic ring is 1. The average Bonchev–Trinajstić information content (AvgIpc) is 2.60. The number of anilines is 1. The Hall–Kier alpha value is -1.38. The second-order valence-electron chi connectivity index (χ2n) is 6.97. The second-order valence-corrected chi connectivity index (χ2v) is 6.97.